The number of nitrogens with one attached hydrogen (secondary N) is 2. The van der Waals surface area contributed by atoms with Crippen LogP contribution in [0.3, 0.4) is 0 Å². The highest BCUT2D eigenvalue weighted by Gasteiger charge is 1.98. The summed E-state index contributed by atoms with van der Waals surface area (Å²) < 4.78 is 0. The zero-order valence-corrected chi connectivity index (χ0v) is 12.5. The minimum atomic E-state index is -0.0512. The van der Waals surface area contributed by atoms with E-state index < -0.39 is 0 Å². The summed E-state index contributed by atoms with van der Waals surface area (Å²) in [5, 5.41) is 6.15. The predicted molar refractivity (Wildman–Crippen MR) is 86.3 cm³/mol. The van der Waals surface area contributed by atoms with Crippen molar-refractivity contribution in [3.63, 3.8) is 0 Å². The number of thioether (sulfide) groups is 1. The van der Waals surface area contributed by atoms with Crippen LogP contribution in [-0.4, -0.2) is 12.2 Å². The van der Waals surface area contributed by atoms with E-state index in [1.54, 1.807) is 11.8 Å². The molecule has 2 rings (SSSR count). The molecule has 4 heteroatoms. The molecule has 2 N–H and O–H groups in total. The smallest absolute Gasteiger partial charge is 0.221 e. The van der Waals surface area contributed by atoms with Crippen molar-refractivity contribution in [3.05, 3.63) is 54.1 Å². The first-order chi connectivity index (χ1) is 9.67. The second-order valence-electron chi connectivity index (χ2n) is 4.46. The van der Waals surface area contributed by atoms with Gasteiger partial charge < -0.3 is 10.6 Å². The molecule has 20 heavy (non-hydrogen) atoms. The number of carbonyl (C=O) groups is 1. The lowest BCUT2D eigenvalue weighted by Gasteiger charge is -2.08. The number of carbonyl (C=O) groups excluding carboxylic acids is 1. The van der Waals surface area contributed by atoms with E-state index in [2.05, 4.69) is 35.1 Å². The molecule has 0 unspecified atom stereocenters. The number of amides is 1. The van der Waals surface area contributed by atoms with E-state index in [4.69, 9.17) is 0 Å². The first-order valence-corrected chi connectivity index (χ1v) is 7.64. The molecule has 0 atom stereocenters. The van der Waals surface area contributed by atoms with Gasteiger partial charge in [0, 0.05) is 29.7 Å². The summed E-state index contributed by atoms with van der Waals surface area (Å²) in [4.78, 5) is 12.2. The second-order valence-corrected chi connectivity index (χ2v) is 5.34. The van der Waals surface area contributed by atoms with E-state index in [0.29, 0.717) is 0 Å². The van der Waals surface area contributed by atoms with Gasteiger partial charge in [0.25, 0.3) is 0 Å². The van der Waals surface area contributed by atoms with Gasteiger partial charge in [-0.25, -0.2) is 0 Å². The summed E-state index contributed by atoms with van der Waals surface area (Å²) in [5.41, 5.74) is 3.11. The molecule has 0 aromatic heterocycles. The van der Waals surface area contributed by atoms with Crippen molar-refractivity contribution in [2.75, 3.05) is 16.9 Å². The molecule has 2 aromatic rings. The Kier molecular flexibility index (Phi) is 5.07. The van der Waals surface area contributed by atoms with Gasteiger partial charge in [-0.15, -0.1) is 11.8 Å². The lowest BCUT2D eigenvalue weighted by atomic mass is 10.2. The normalized spacial score (nSPS) is 10.1. The topological polar surface area (TPSA) is 41.1 Å². The molecule has 0 aliphatic heterocycles. The fourth-order valence-electron chi connectivity index (χ4n) is 1.85. The quantitative estimate of drug-likeness (QED) is 0.817. The molecule has 3 nitrogen and oxygen atoms in total. The van der Waals surface area contributed by atoms with Crippen LogP contribution < -0.4 is 10.6 Å². The highest BCUT2D eigenvalue weighted by atomic mass is 32.2. The fraction of sp³-hybridized carbons (Fsp3) is 0.188. The van der Waals surface area contributed by atoms with Gasteiger partial charge in [0.1, 0.15) is 0 Å². The molecule has 0 saturated heterocycles. The van der Waals surface area contributed by atoms with E-state index in [1.807, 2.05) is 30.3 Å². The van der Waals surface area contributed by atoms with Crippen LogP contribution in [0.15, 0.2) is 53.4 Å². The van der Waals surface area contributed by atoms with Crippen LogP contribution in [0.2, 0.25) is 0 Å². The summed E-state index contributed by atoms with van der Waals surface area (Å²) in [6.07, 6.45) is 2.07. The van der Waals surface area contributed by atoms with Crippen LogP contribution in [0.1, 0.15) is 12.5 Å². The van der Waals surface area contributed by atoms with E-state index in [9.17, 15) is 4.79 Å². The van der Waals surface area contributed by atoms with Crippen molar-refractivity contribution >= 4 is 29.0 Å². The van der Waals surface area contributed by atoms with Gasteiger partial charge in [-0.1, -0.05) is 18.2 Å². The Hall–Kier alpha value is -1.94. The van der Waals surface area contributed by atoms with Gasteiger partial charge in [0.15, 0.2) is 0 Å². The van der Waals surface area contributed by atoms with E-state index in [-0.39, 0.29) is 5.91 Å². The molecule has 1 amide bonds. The highest BCUT2D eigenvalue weighted by Crippen LogP contribution is 2.19. The molecule has 0 heterocycles. The van der Waals surface area contributed by atoms with Gasteiger partial charge in [-0.05, 0) is 42.2 Å². The number of benzene rings is 2. The SMILES string of the molecule is CSc1cccc(NCc2ccc(NC(C)=O)cc2)c1. The van der Waals surface area contributed by atoms with Crippen molar-refractivity contribution in [2.45, 2.75) is 18.4 Å². The van der Waals surface area contributed by atoms with Crippen LogP contribution in [0, 0.1) is 0 Å². The highest BCUT2D eigenvalue weighted by molar-refractivity contribution is 7.98. The summed E-state index contributed by atoms with van der Waals surface area (Å²) in [6.45, 7) is 2.27. The fourth-order valence-corrected chi connectivity index (χ4v) is 2.31. The monoisotopic (exact) mass is 286 g/mol. The number of rotatable bonds is 5. The van der Waals surface area contributed by atoms with Crippen molar-refractivity contribution in [1.82, 2.24) is 0 Å². The zero-order valence-electron chi connectivity index (χ0n) is 11.6. The third-order valence-corrected chi connectivity index (χ3v) is 3.57. The third-order valence-electron chi connectivity index (χ3n) is 2.84. The summed E-state index contributed by atoms with van der Waals surface area (Å²) in [5.74, 6) is -0.0512. The molecular weight excluding hydrogens is 268 g/mol. The second kappa shape index (κ2) is 7.01. The molecule has 104 valence electrons. The molecule has 0 bridgehead atoms. The maximum Gasteiger partial charge on any atom is 0.221 e. The average molecular weight is 286 g/mol. The number of hydrogen-bond acceptors (Lipinski definition) is 3. The Morgan fingerprint density at radius 2 is 1.85 bits per heavy atom. The maximum absolute atomic E-state index is 10.9. The van der Waals surface area contributed by atoms with E-state index in [0.717, 1.165) is 17.9 Å². The van der Waals surface area contributed by atoms with Crippen LogP contribution >= 0.6 is 11.8 Å². The molecule has 0 spiro atoms. The van der Waals surface area contributed by atoms with Gasteiger partial charge >= 0.3 is 0 Å². The number of hydrogen-bond donors (Lipinski definition) is 2. The Bertz CT molecular complexity index is 581. The lowest BCUT2D eigenvalue weighted by Crippen LogP contribution is -2.06. The molecule has 0 saturated carbocycles. The van der Waals surface area contributed by atoms with Crippen LogP contribution in [0.25, 0.3) is 0 Å². The molecule has 0 fully saturated rings. The molecule has 0 radical (unpaired) electrons. The molecular formula is C16H18N2OS. The minimum Gasteiger partial charge on any atom is -0.381 e. The van der Waals surface area contributed by atoms with Crippen LogP contribution in [0.5, 0.6) is 0 Å². The summed E-state index contributed by atoms with van der Waals surface area (Å²) in [6, 6.07) is 16.2. The lowest BCUT2D eigenvalue weighted by molar-refractivity contribution is -0.114. The largest absolute Gasteiger partial charge is 0.381 e. The minimum absolute atomic E-state index is 0.0512. The van der Waals surface area contributed by atoms with E-state index >= 15 is 0 Å². The maximum atomic E-state index is 10.9. The van der Waals surface area contributed by atoms with Crippen molar-refractivity contribution in [2.24, 2.45) is 0 Å². The predicted octanol–water partition coefficient (Wildman–Crippen LogP) is 3.98. The van der Waals surface area contributed by atoms with Gasteiger partial charge in [-0.3, -0.25) is 4.79 Å². The van der Waals surface area contributed by atoms with Crippen LogP contribution in [0.4, 0.5) is 11.4 Å². The molecule has 0 aliphatic rings. The first-order valence-electron chi connectivity index (χ1n) is 6.42. The van der Waals surface area contributed by atoms with Gasteiger partial charge in [-0.2, -0.15) is 0 Å². The average Bonchev–Trinajstić information content (AvgIpc) is 2.46. The van der Waals surface area contributed by atoms with Crippen molar-refractivity contribution in [1.29, 1.82) is 0 Å². The zero-order chi connectivity index (χ0) is 14.4. The Labute approximate surface area is 123 Å². The van der Waals surface area contributed by atoms with Crippen molar-refractivity contribution < 1.29 is 4.79 Å². The Morgan fingerprint density at radius 3 is 2.50 bits per heavy atom. The third kappa shape index (κ3) is 4.31. The Balaban J connectivity index is 1.94. The van der Waals surface area contributed by atoms with Crippen molar-refractivity contribution in [3.8, 4) is 0 Å². The van der Waals surface area contributed by atoms with Gasteiger partial charge in [0.2, 0.25) is 5.91 Å². The molecule has 0 aliphatic carbocycles. The van der Waals surface area contributed by atoms with Crippen LogP contribution in [-0.2, 0) is 11.3 Å². The summed E-state index contributed by atoms with van der Waals surface area (Å²) in [7, 11) is 0. The van der Waals surface area contributed by atoms with Gasteiger partial charge in [0.05, 0.1) is 0 Å². The Morgan fingerprint density at radius 1 is 1.10 bits per heavy atom. The first kappa shape index (κ1) is 14.5. The van der Waals surface area contributed by atoms with E-state index in [1.165, 1.54) is 17.4 Å². The molecule has 2 aromatic carbocycles. The standard InChI is InChI=1S/C16H18N2OS/c1-12(19)18-14-8-6-13(7-9-14)11-17-15-4-3-5-16(10-15)20-2/h3-10,17H,11H2,1-2H3,(H,18,19). The number of anilines is 2. The summed E-state index contributed by atoms with van der Waals surface area (Å²) >= 11 is 1.73.